The topological polar surface area (TPSA) is 81.3 Å². The zero-order valence-electron chi connectivity index (χ0n) is 12.3. The molecule has 0 amide bonds. The number of esters is 1. The molecule has 1 heterocycles. The van der Waals surface area contributed by atoms with Gasteiger partial charge < -0.3 is 14.5 Å². The maximum absolute atomic E-state index is 11.6. The molecule has 0 saturated heterocycles. The van der Waals surface area contributed by atoms with Gasteiger partial charge in [-0.25, -0.2) is 4.98 Å². The van der Waals surface area contributed by atoms with Gasteiger partial charge in [-0.2, -0.15) is 0 Å². The summed E-state index contributed by atoms with van der Waals surface area (Å²) in [6.07, 6.45) is -0.0207. The molecule has 0 aliphatic rings. The van der Waals surface area contributed by atoms with E-state index in [1.807, 2.05) is 24.3 Å². The molecule has 7 heteroatoms. The number of aromatic nitrogens is 2. The van der Waals surface area contributed by atoms with E-state index in [2.05, 4.69) is 14.7 Å². The molecule has 0 atom stereocenters. The molecule has 0 saturated carbocycles. The van der Waals surface area contributed by atoms with Gasteiger partial charge in [0.1, 0.15) is 5.75 Å². The molecule has 2 rings (SSSR count). The Labute approximate surface area is 131 Å². The quantitative estimate of drug-likeness (QED) is 0.496. The first-order valence-electron chi connectivity index (χ1n) is 6.53. The fourth-order valence-electron chi connectivity index (χ4n) is 1.78. The second-order valence-electron chi connectivity index (χ2n) is 4.43. The molecule has 0 aliphatic heterocycles. The highest BCUT2D eigenvalue weighted by Gasteiger charge is 2.08. The lowest BCUT2D eigenvalue weighted by atomic mass is 10.2. The summed E-state index contributed by atoms with van der Waals surface area (Å²) < 4.78 is 9.74. The van der Waals surface area contributed by atoms with Crippen molar-refractivity contribution in [3.05, 3.63) is 51.9 Å². The lowest BCUT2D eigenvalue weighted by molar-refractivity contribution is -0.139. The first-order valence-corrected chi connectivity index (χ1v) is 7.52. The van der Waals surface area contributed by atoms with E-state index >= 15 is 0 Å². The number of nitrogens with zero attached hydrogens (tertiary/aromatic N) is 1. The summed E-state index contributed by atoms with van der Waals surface area (Å²) in [5, 5.41) is 0.467. The first-order chi connectivity index (χ1) is 10.6. The number of hydrogen-bond acceptors (Lipinski definition) is 6. The van der Waals surface area contributed by atoms with Crippen LogP contribution in [0.15, 0.2) is 40.3 Å². The second kappa shape index (κ2) is 7.65. The van der Waals surface area contributed by atoms with Crippen LogP contribution in [0.25, 0.3) is 0 Å². The molecule has 2 aromatic rings. The summed E-state index contributed by atoms with van der Waals surface area (Å²) in [5.41, 5.74) is 1.15. The molecule has 1 N–H and O–H groups in total. The van der Waals surface area contributed by atoms with Crippen LogP contribution in [0.4, 0.5) is 0 Å². The van der Waals surface area contributed by atoms with Crippen LogP contribution >= 0.6 is 11.8 Å². The average Bonchev–Trinajstić information content (AvgIpc) is 2.52. The summed E-state index contributed by atoms with van der Waals surface area (Å²) >= 11 is 1.38. The number of carbonyl (C=O) groups is 1. The molecule has 0 spiro atoms. The highest BCUT2D eigenvalue weighted by Crippen LogP contribution is 2.21. The fraction of sp³-hybridized carbons (Fsp3) is 0.267. The minimum Gasteiger partial charge on any atom is -0.497 e. The minimum absolute atomic E-state index is 0.0207. The van der Waals surface area contributed by atoms with Crippen LogP contribution in [0.2, 0.25) is 0 Å². The summed E-state index contributed by atoms with van der Waals surface area (Å²) in [6, 6.07) is 8.95. The molecule has 0 unspecified atom stereocenters. The van der Waals surface area contributed by atoms with Crippen molar-refractivity contribution in [3.63, 3.8) is 0 Å². The van der Waals surface area contributed by atoms with Crippen molar-refractivity contribution >= 4 is 17.7 Å². The van der Waals surface area contributed by atoms with E-state index in [0.717, 1.165) is 11.3 Å². The smallest absolute Gasteiger partial charge is 0.311 e. The van der Waals surface area contributed by atoms with E-state index in [9.17, 15) is 9.59 Å². The molecule has 1 aromatic carbocycles. The Morgan fingerprint density at radius 3 is 2.86 bits per heavy atom. The van der Waals surface area contributed by atoms with Crippen molar-refractivity contribution < 1.29 is 14.3 Å². The normalized spacial score (nSPS) is 10.3. The van der Waals surface area contributed by atoms with Gasteiger partial charge in [0, 0.05) is 11.8 Å². The van der Waals surface area contributed by atoms with E-state index in [0.29, 0.717) is 16.6 Å². The molecular weight excluding hydrogens is 304 g/mol. The molecule has 0 bridgehead atoms. The Morgan fingerprint density at radius 1 is 1.32 bits per heavy atom. The zero-order chi connectivity index (χ0) is 15.9. The lowest BCUT2D eigenvalue weighted by Crippen LogP contribution is -2.13. The molecule has 0 aliphatic carbocycles. The van der Waals surface area contributed by atoms with Gasteiger partial charge in [0.2, 0.25) is 0 Å². The van der Waals surface area contributed by atoms with Crippen LogP contribution in [0.3, 0.4) is 0 Å². The van der Waals surface area contributed by atoms with Gasteiger partial charge in [-0.1, -0.05) is 23.9 Å². The maximum Gasteiger partial charge on any atom is 0.311 e. The van der Waals surface area contributed by atoms with Crippen LogP contribution in [0, 0.1) is 0 Å². The molecular formula is C15H16N2O4S. The maximum atomic E-state index is 11.6. The predicted molar refractivity (Wildman–Crippen MR) is 83.1 cm³/mol. The molecule has 0 fully saturated rings. The Balaban J connectivity index is 2.08. The van der Waals surface area contributed by atoms with E-state index in [1.165, 1.54) is 24.9 Å². The SMILES string of the molecule is COC(=O)Cc1cc(=O)[nH]c(SCc2cccc(OC)c2)n1. The molecule has 116 valence electrons. The van der Waals surface area contributed by atoms with Crippen molar-refractivity contribution in [2.24, 2.45) is 0 Å². The van der Waals surface area contributed by atoms with Crippen molar-refractivity contribution in [2.75, 3.05) is 14.2 Å². The molecule has 6 nitrogen and oxygen atoms in total. The third kappa shape index (κ3) is 4.63. The van der Waals surface area contributed by atoms with Crippen LogP contribution in [0.1, 0.15) is 11.3 Å². The van der Waals surface area contributed by atoms with Crippen LogP contribution in [-0.2, 0) is 21.7 Å². The van der Waals surface area contributed by atoms with Gasteiger partial charge in [-0.05, 0) is 17.7 Å². The van der Waals surface area contributed by atoms with Gasteiger partial charge in [0.25, 0.3) is 5.56 Å². The Morgan fingerprint density at radius 2 is 2.14 bits per heavy atom. The van der Waals surface area contributed by atoms with Gasteiger partial charge in [-0.15, -0.1) is 0 Å². The Hall–Kier alpha value is -2.28. The number of nitrogens with one attached hydrogen (secondary N) is 1. The monoisotopic (exact) mass is 320 g/mol. The number of methoxy groups -OCH3 is 2. The van der Waals surface area contributed by atoms with E-state index in [-0.39, 0.29) is 12.0 Å². The summed E-state index contributed by atoms with van der Waals surface area (Å²) in [7, 11) is 2.91. The number of aromatic amines is 1. The van der Waals surface area contributed by atoms with Crippen molar-refractivity contribution in [2.45, 2.75) is 17.3 Å². The van der Waals surface area contributed by atoms with Gasteiger partial charge >= 0.3 is 5.97 Å². The van der Waals surface area contributed by atoms with Crippen LogP contribution in [0.5, 0.6) is 5.75 Å². The Bertz CT molecular complexity index is 715. The molecule has 1 aromatic heterocycles. The number of ether oxygens (including phenoxy) is 2. The number of benzene rings is 1. The van der Waals surface area contributed by atoms with Crippen LogP contribution in [-0.4, -0.2) is 30.2 Å². The lowest BCUT2D eigenvalue weighted by Gasteiger charge is -2.05. The summed E-state index contributed by atoms with van der Waals surface area (Å²) in [5.74, 6) is 0.975. The minimum atomic E-state index is -0.429. The van der Waals surface area contributed by atoms with E-state index < -0.39 is 5.97 Å². The number of thioether (sulfide) groups is 1. The number of carbonyl (C=O) groups excluding carboxylic acids is 1. The largest absolute Gasteiger partial charge is 0.497 e. The summed E-state index contributed by atoms with van der Waals surface area (Å²) in [4.78, 5) is 29.8. The van der Waals surface area contributed by atoms with Crippen LogP contribution < -0.4 is 10.3 Å². The number of H-pyrrole nitrogens is 1. The highest BCUT2D eigenvalue weighted by atomic mass is 32.2. The Kier molecular flexibility index (Phi) is 5.60. The average molecular weight is 320 g/mol. The molecule has 0 radical (unpaired) electrons. The number of hydrogen-bond donors (Lipinski definition) is 1. The van der Waals surface area contributed by atoms with Crippen molar-refractivity contribution in [3.8, 4) is 5.75 Å². The van der Waals surface area contributed by atoms with E-state index in [1.54, 1.807) is 7.11 Å². The number of rotatable bonds is 6. The van der Waals surface area contributed by atoms with Crippen molar-refractivity contribution in [1.29, 1.82) is 0 Å². The fourth-order valence-corrected chi connectivity index (χ4v) is 2.61. The highest BCUT2D eigenvalue weighted by molar-refractivity contribution is 7.98. The third-order valence-corrected chi connectivity index (χ3v) is 3.78. The predicted octanol–water partition coefficient (Wildman–Crippen LogP) is 1.79. The van der Waals surface area contributed by atoms with Gasteiger partial charge in [-0.3, -0.25) is 9.59 Å². The van der Waals surface area contributed by atoms with Crippen molar-refractivity contribution in [1.82, 2.24) is 9.97 Å². The third-order valence-electron chi connectivity index (χ3n) is 2.84. The van der Waals surface area contributed by atoms with E-state index in [4.69, 9.17) is 4.74 Å². The van der Waals surface area contributed by atoms with Gasteiger partial charge in [0.05, 0.1) is 26.3 Å². The molecule has 22 heavy (non-hydrogen) atoms. The first kappa shape index (κ1) is 16.1. The van der Waals surface area contributed by atoms with Gasteiger partial charge in [0.15, 0.2) is 5.16 Å². The zero-order valence-corrected chi connectivity index (χ0v) is 13.1. The second-order valence-corrected chi connectivity index (χ2v) is 5.40. The summed E-state index contributed by atoms with van der Waals surface area (Å²) in [6.45, 7) is 0. The standard InChI is InChI=1S/C15H16N2O4S/c1-20-12-5-3-4-10(6-12)9-22-15-16-11(7-13(18)17-15)8-14(19)21-2/h3-7H,8-9H2,1-2H3,(H,16,17,18).